The van der Waals surface area contributed by atoms with Gasteiger partial charge in [-0.25, -0.2) is 0 Å². The first kappa shape index (κ1) is 15.4. The molecule has 1 aliphatic heterocycles. The minimum atomic E-state index is -0.492. The Morgan fingerprint density at radius 3 is 2.90 bits per heavy atom. The predicted octanol–water partition coefficient (Wildman–Crippen LogP) is 1.22. The first-order chi connectivity index (χ1) is 10.1. The maximum atomic E-state index is 12.1. The minimum Gasteiger partial charge on any atom is -0.319 e. The van der Waals surface area contributed by atoms with Gasteiger partial charge in [-0.05, 0) is 25.6 Å². The van der Waals surface area contributed by atoms with Crippen LogP contribution < -0.4 is 10.6 Å². The molecule has 1 saturated heterocycles. The average Bonchev–Trinajstić information content (AvgIpc) is 2.99. The number of nitrogens with zero attached hydrogens (tertiary/aromatic N) is 2. The van der Waals surface area contributed by atoms with Crippen molar-refractivity contribution >= 4 is 17.3 Å². The number of rotatable bonds is 6. The van der Waals surface area contributed by atoms with Crippen LogP contribution in [0.3, 0.4) is 0 Å². The molecule has 0 aromatic heterocycles. The van der Waals surface area contributed by atoms with Crippen molar-refractivity contribution in [2.24, 2.45) is 0 Å². The van der Waals surface area contributed by atoms with E-state index in [0.717, 1.165) is 26.1 Å². The Bertz CT molecular complexity index is 515. The summed E-state index contributed by atoms with van der Waals surface area (Å²) in [6, 6.07) is 6.53. The Kier molecular flexibility index (Phi) is 5.24. The fourth-order valence-electron chi connectivity index (χ4n) is 2.56. The van der Waals surface area contributed by atoms with Crippen LogP contribution in [-0.4, -0.2) is 48.0 Å². The quantitative estimate of drug-likeness (QED) is 0.608. The maximum absolute atomic E-state index is 12.1. The number of amides is 1. The van der Waals surface area contributed by atoms with Crippen LogP contribution in [0.2, 0.25) is 0 Å². The molecule has 0 bridgehead atoms. The van der Waals surface area contributed by atoms with E-state index in [0.29, 0.717) is 6.04 Å². The second-order valence-corrected chi connectivity index (χ2v) is 5.03. The number of hydrogen-bond acceptors (Lipinski definition) is 5. The average molecular weight is 292 g/mol. The maximum Gasteiger partial charge on any atom is 0.292 e. The van der Waals surface area contributed by atoms with Gasteiger partial charge in [-0.3, -0.25) is 19.8 Å². The lowest BCUT2D eigenvalue weighted by molar-refractivity contribution is -0.383. The second kappa shape index (κ2) is 7.14. The van der Waals surface area contributed by atoms with Crippen LogP contribution in [0.25, 0.3) is 0 Å². The van der Waals surface area contributed by atoms with Crippen LogP contribution in [0.4, 0.5) is 11.4 Å². The van der Waals surface area contributed by atoms with Gasteiger partial charge in [0.2, 0.25) is 5.91 Å². The molecule has 0 aliphatic carbocycles. The number of carbonyl (C=O) groups is 1. The zero-order valence-corrected chi connectivity index (χ0v) is 12.0. The summed E-state index contributed by atoms with van der Waals surface area (Å²) in [6.45, 7) is 4.88. The molecule has 0 radical (unpaired) electrons. The number of nitro groups is 1. The molecule has 21 heavy (non-hydrogen) atoms. The molecule has 2 N–H and O–H groups in total. The number of anilines is 1. The van der Waals surface area contributed by atoms with Crippen LogP contribution in [-0.2, 0) is 4.79 Å². The monoisotopic (exact) mass is 292 g/mol. The van der Waals surface area contributed by atoms with E-state index in [4.69, 9.17) is 0 Å². The van der Waals surface area contributed by atoms with Gasteiger partial charge in [0, 0.05) is 18.7 Å². The fourth-order valence-corrected chi connectivity index (χ4v) is 2.56. The van der Waals surface area contributed by atoms with Gasteiger partial charge in [0.15, 0.2) is 0 Å². The molecule has 1 amide bonds. The standard InChI is InChI=1S/C14H20N4O3/c1-2-17(11-7-8-15-9-11)10-14(19)16-12-5-3-4-6-13(12)18(20)21/h3-6,11,15H,2,7-10H2,1H3,(H,16,19). The molecule has 0 spiro atoms. The highest BCUT2D eigenvalue weighted by Gasteiger charge is 2.23. The van der Waals surface area contributed by atoms with E-state index in [1.165, 1.54) is 6.07 Å². The SMILES string of the molecule is CCN(CC(=O)Nc1ccccc1[N+](=O)[O-])C1CCNC1. The van der Waals surface area contributed by atoms with Gasteiger partial charge in [-0.15, -0.1) is 0 Å². The van der Waals surface area contributed by atoms with E-state index in [2.05, 4.69) is 15.5 Å². The van der Waals surface area contributed by atoms with E-state index < -0.39 is 4.92 Å². The van der Waals surface area contributed by atoms with Gasteiger partial charge in [-0.2, -0.15) is 0 Å². The lowest BCUT2D eigenvalue weighted by Crippen LogP contribution is -2.41. The van der Waals surface area contributed by atoms with E-state index in [1.54, 1.807) is 18.2 Å². The van der Waals surface area contributed by atoms with Crippen molar-refractivity contribution in [1.82, 2.24) is 10.2 Å². The Hall–Kier alpha value is -1.99. The topological polar surface area (TPSA) is 87.5 Å². The lowest BCUT2D eigenvalue weighted by atomic mass is 10.2. The van der Waals surface area contributed by atoms with Gasteiger partial charge in [0.05, 0.1) is 11.5 Å². The first-order valence-electron chi connectivity index (χ1n) is 7.10. The number of carbonyl (C=O) groups excluding carboxylic acids is 1. The summed E-state index contributed by atoms with van der Waals surface area (Å²) < 4.78 is 0. The molecule has 7 nitrogen and oxygen atoms in total. The minimum absolute atomic E-state index is 0.0866. The zero-order chi connectivity index (χ0) is 15.2. The van der Waals surface area contributed by atoms with Gasteiger partial charge < -0.3 is 10.6 Å². The van der Waals surface area contributed by atoms with Crippen molar-refractivity contribution in [1.29, 1.82) is 0 Å². The highest BCUT2D eigenvalue weighted by atomic mass is 16.6. The molecule has 2 rings (SSSR count). The molecule has 1 heterocycles. The summed E-state index contributed by atoms with van der Waals surface area (Å²) in [5.41, 5.74) is 0.157. The van der Waals surface area contributed by atoms with Gasteiger partial charge in [0.1, 0.15) is 5.69 Å². The molecule has 1 fully saturated rings. The third-order valence-electron chi connectivity index (χ3n) is 3.68. The molecular formula is C14H20N4O3. The van der Waals surface area contributed by atoms with Crippen LogP contribution in [0.1, 0.15) is 13.3 Å². The Labute approximate surface area is 123 Å². The number of benzene rings is 1. The molecule has 1 aliphatic rings. The predicted molar refractivity (Wildman–Crippen MR) is 80.2 cm³/mol. The smallest absolute Gasteiger partial charge is 0.292 e. The van der Waals surface area contributed by atoms with Crippen molar-refractivity contribution in [2.45, 2.75) is 19.4 Å². The Balaban J connectivity index is 1.99. The summed E-state index contributed by atoms with van der Waals surface area (Å²) in [7, 11) is 0. The van der Waals surface area contributed by atoms with E-state index >= 15 is 0 Å². The second-order valence-electron chi connectivity index (χ2n) is 5.03. The molecule has 7 heteroatoms. The van der Waals surface area contributed by atoms with Crippen molar-refractivity contribution in [2.75, 3.05) is 31.5 Å². The summed E-state index contributed by atoms with van der Waals surface area (Å²) in [5, 5.41) is 16.8. The van der Waals surface area contributed by atoms with Crippen molar-refractivity contribution < 1.29 is 9.72 Å². The molecule has 1 unspecified atom stereocenters. The Morgan fingerprint density at radius 2 is 2.29 bits per heavy atom. The van der Waals surface area contributed by atoms with Crippen molar-refractivity contribution in [3.05, 3.63) is 34.4 Å². The van der Waals surface area contributed by atoms with E-state index in [9.17, 15) is 14.9 Å². The van der Waals surface area contributed by atoms with E-state index in [-0.39, 0.29) is 23.8 Å². The van der Waals surface area contributed by atoms with Gasteiger partial charge in [-0.1, -0.05) is 19.1 Å². The number of hydrogen-bond donors (Lipinski definition) is 2. The van der Waals surface area contributed by atoms with Crippen LogP contribution >= 0.6 is 0 Å². The fraction of sp³-hybridized carbons (Fsp3) is 0.500. The number of nitro benzene ring substituents is 1. The number of nitrogens with one attached hydrogen (secondary N) is 2. The third-order valence-corrected chi connectivity index (χ3v) is 3.68. The molecule has 1 aromatic carbocycles. The van der Waals surface area contributed by atoms with Crippen molar-refractivity contribution in [3.8, 4) is 0 Å². The molecule has 0 saturated carbocycles. The Morgan fingerprint density at radius 1 is 1.52 bits per heavy atom. The van der Waals surface area contributed by atoms with Crippen LogP contribution in [0.5, 0.6) is 0 Å². The van der Waals surface area contributed by atoms with Gasteiger partial charge in [0.25, 0.3) is 5.69 Å². The molecular weight excluding hydrogens is 272 g/mol. The van der Waals surface area contributed by atoms with Crippen LogP contribution in [0.15, 0.2) is 24.3 Å². The van der Waals surface area contributed by atoms with E-state index in [1.807, 2.05) is 6.92 Å². The summed E-state index contributed by atoms with van der Waals surface area (Å²) in [5.74, 6) is -0.224. The first-order valence-corrected chi connectivity index (χ1v) is 7.10. The highest BCUT2D eigenvalue weighted by molar-refractivity contribution is 5.94. The van der Waals surface area contributed by atoms with Crippen molar-refractivity contribution in [3.63, 3.8) is 0 Å². The van der Waals surface area contributed by atoms with Crippen LogP contribution in [0, 0.1) is 10.1 Å². The summed E-state index contributed by atoms with van der Waals surface area (Å²) >= 11 is 0. The molecule has 1 atom stereocenters. The molecule has 1 aromatic rings. The normalized spacial score (nSPS) is 17.9. The summed E-state index contributed by atoms with van der Waals surface area (Å²) in [6.07, 6.45) is 1.02. The summed E-state index contributed by atoms with van der Waals surface area (Å²) in [4.78, 5) is 24.6. The third kappa shape index (κ3) is 3.99. The number of para-hydroxylation sites is 2. The zero-order valence-electron chi connectivity index (χ0n) is 12.0. The lowest BCUT2D eigenvalue weighted by Gasteiger charge is -2.26. The molecule has 114 valence electrons. The van der Waals surface area contributed by atoms with Gasteiger partial charge >= 0.3 is 0 Å². The number of likely N-dealkylation sites (N-methyl/N-ethyl adjacent to an activating group) is 1. The highest BCUT2D eigenvalue weighted by Crippen LogP contribution is 2.23. The largest absolute Gasteiger partial charge is 0.319 e.